The van der Waals surface area contributed by atoms with Crippen molar-refractivity contribution in [2.45, 2.75) is 35.8 Å². The van der Waals surface area contributed by atoms with Crippen molar-refractivity contribution in [1.82, 2.24) is 10.2 Å². The van der Waals surface area contributed by atoms with E-state index in [1.807, 2.05) is 85.1 Å². The standard InChI is InChI=1S/C35H30N2O7S3/c1-23-14-16-28(17-15-23)47(41,42)43-19-18-26-22-46-34-30(36-29(38)21-27-13-8-20-45-27)33(39)37(34)31(26)35(40)44-32(24-9-4-2-5-10-24)25-11-6-3-7-12-25/h2-20,30,32,34H,21-22H2,1H3,(H,36,38)/b19-18+. The summed E-state index contributed by atoms with van der Waals surface area (Å²) in [5, 5.41) is 4.13. The summed E-state index contributed by atoms with van der Waals surface area (Å²) in [6.45, 7) is 1.84. The van der Waals surface area contributed by atoms with Crippen molar-refractivity contribution in [3.05, 3.63) is 148 Å². The third-order valence-electron chi connectivity index (χ3n) is 7.61. The van der Waals surface area contributed by atoms with Crippen LogP contribution in [-0.2, 0) is 39.8 Å². The number of thiophene rings is 1. The molecule has 0 saturated carbocycles. The number of thioether (sulfide) groups is 1. The van der Waals surface area contributed by atoms with E-state index in [4.69, 9.17) is 8.92 Å². The maximum atomic E-state index is 14.1. The molecule has 2 atom stereocenters. The van der Waals surface area contributed by atoms with Gasteiger partial charge >= 0.3 is 16.1 Å². The van der Waals surface area contributed by atoms with Crippen LogP contribution in [0.4, 0.5) is 0 Å². The number of hydrogen-bond acceptors (Lipinski definition) is 9. The minimum Gasteiger partial charge on any atom is -0.448 e. The van der Waals surface area contributed by atoms with Gasteiger partial charge in [-0.2, -0.15) is 8.42 Å². The molecule has 1 fully saturated rings. The maximum Gasteiger partial charge on any atom is 0.356 e. The first kappa shape index (κ1) is 32.3. The number of fused-ring (bicyclic) bond motifs is 1. The number of aryl methyl sites for hydroxylation is 1. The number of benzene rings is 3. The Morgan fingerprint density at radius 1 is 0.957 bits per heavy atom. The van der Waals surface area contributed by atoms with Crippen molar-refractivity contribution < 1.29 is 31.7 Å². The van der Waals surface area contributed by atoms with E-state index in [9.17, 15) is 22.8 Å². The zero-order valence-electron chi connectivity index (χ0n) is 25.1. The lowest BCUT2D eigenvalue weighted by Gasteiger charge is -2.49. The number of ether oxygens (including phenoxy) is 1. The van der Waals surface area contributed by atoms with Crippen molar-refractivity contribution in [2.75, 3.05) is 5.75 Å². The minimum atomic E-state index is -4.13. The van der Waals surface area contributed by atoms with E-state index in [1.54, 1.807) is 12.1 Å². The Bertz CT molecular complexity index is 1890. The minimum absolute atomic E-state index is 0.0212. The third kappa shape index (κ3) is 7.19. The summed E-state index contributed by atoms with van der Waals surface area (Å²) in [6, 6.07) is 27.5. The molecule has 0 spiro atoms. The van der Waals surface area contributed by atoms with Crippen LogP contribution in [0, 0.1) is 6.92 Å². The quantitative estimate of drug-likeness (QED) is 0.0951. The molecule has 4 aromatic rings. The largest absolute Gasteiger partial charge is 0.448 e. The van der Waals surface area contributed by atoms with E-state index in [-0.39, 0.29) is 28.7 Å². The number of rotatable bonds is 11. The molecule has 6 rings (SSSR count). The number of hydrogen-bond donors (Lipinski definition) is 1. The fraction of sp³-hybridized carbons (Fsp3) is 0.171. The molecular weight excluding hydrogens is 657 g/mol. The van der Waals surface area contributed by atoms with Gasteiger partial charge in [-0.25, -0.2) is 4.79 Å². The molecule has 3 aromatic carbocycles. The summed E-state index contributed by atoms with van der Waals surface area (Å²) in [5.41, 5.74) is 2.66. The Morgan fingerprint density at radius 2 is 1.62 bits per heavy atom. The van der Waals surface area contributed by atoms with Crippen LogP contribution in [-0.4, -0.2) is 48.3 Å². The van der Waals surface area contributed by atoms with Crippen molar-refractivity contribution >= 4 is 51.0 Å². The Hall–Kier alpha value is -4.65. The molecule has 12 heteroatoms. The van der Waals surface area contributed by atoms with E-state index < -0.39 is 39.5 Å². The zero-order valence-corrected chi connectivity index (χ0v) is 27.6. The van der Waals surface area contributed by atoms with Gasteiger partial charge in [0.05, 0.1) is 6.42 Å². The van der Waals surface area contributed by atoms with Gasteiger partial charge in [0.1, 0.15) is 28.3 Å². The molecule has 3 heterocycles. The van der Waals surface area contributed by atoms with Gasteiger partial charge in [0.15, 0.2) is 6.10 Å². The first-order chi connectivity index (χ1) is 22.7. The number of carbonyl (C=O) groups excluding carboxylic acids is 3. The lowest BCUT2D eigenvalue weighted by Crippen LogP contribution is -2.70. The van der Waals surface area contributed by atoms with Crippen LogP contribution in [0.5, 0.6) is 0 Å². The Labute approximate surface area is 281 Å². The van der Waals surface area contributed by atoms with Crippen LogP contribution >= 0.6 is 23.1 Å². The Kier molecular flexibility index (Phi) is 9.62. The van der Waals surface area contributed by atoms with E-state index in [2.05, 4.69) is 5.32 Å². The molecule has 0 aliphatic carbocycles. The van der Waals surface area contributed by atoms with Crippen molar-refractivity contribution in [2.24, 2.45) is 0 Å². The van der Waals surface area contributed by atoms with Gasteiger partial charge in [0.25, 0.3) is 5.91 Å². The molecule has 2 unspecified atom stereocenters. The van der Waals surface area contributed by atoms with E-state index in [1.165, 1.54) is 46.2 Å². The molecule has 1 saturated heterocycles. The molecule has 240 valence electrons. The van der Waals surface area contributed by atoms with Crippen LogP contribution in [0.3, 0.4) is 0 Å². The Balaban J connectivity index is 1.29. The van der Waals surface area contributed by atoms with Crippen LogP contribution in [0.15, 0.2) is 131 Å². The molecular formula is C35H30N2O7S3. The summed E-state index contributed by atoms with van der Waals surface area (Å²) in [5.74, 6) is -1.32. The lowest BCUT2D eigenvalue weighted by atomic mass is 10.0. The zero-order chi connectivity index (χ0) is 33.0. The van der Waals surface area contributed by atoms with Crippen LogP contribution < -0.4 is 5.32 Å². The van der Waals surface area contributed by atoms with E-state index in [0.29, 0.717) is 5.57 Å². The maximum absolute atomic E-state index is 14.1. The van der Waals surface area contributed by atoms with Gasteiger partial charge in [0.2, 0.25) is 5.91 Å². The summed E-state index contributed by atoms with van der Waals surface area (Å²) < 4.78 is 36.9. The molecule has 2 amide bonds. The lowest BCUT2D eigenvalue weighted by molar-refractivity contribution is -0.154. The van der Waals surface area contributed by atoms with Gasteiger partial charge in [-0.15, -0.1) is 23.1 Å². The topological polar surface area (TPSA) is 119 Å². The second kappa shape index (κ2) is 14.0. The summed E-state index contributed by atoms with van der Waals surface area (Å²) in [4.78, 5) is 42.6. The Morgan fingerprint density at radius 3 is 2.23 bits per heavy atom. The molecule has 0 radical (unpaired) electrons. The summed E-state index contributed by atoms with van der Waals surface area (Å²) in [7, 11) is -4.13. The summed E-state index contributed by atoms with van der Waals surface area (Å²) >= 11 is 2.79. The van der Waals surface area contributed by atoms with Crippen LogP contribution in [0.25, 0.3) is 0 Å². The summed E-state index contributed by atoms with van der Waals surface area (Å²) in [6.07, 6.45) is 1.71. The van der Waals surface area contributed by atoms with E-state index in [0.717, 1.165) is 27.8 Å². The molecule has 1 N–H and O–H groups in total. The molecule has 2 aliphatic heterocycles. The van der Waals surface area contributed by atoms with Crippen molar-refractivity contribution in [3.63, 3.8) is 0 Å². The van der Waals surface area contributed by atoms with Crippen LogP contribution in [0.2, 0.25) is 0 Å². The molecule has 1 aromatic heterocycles. The third-order valence-corrected chi connectivity index (χ3v) is 11.0. The number of amides is 2. The normalized spacial score (nSPS) is 17.7. The molecule has 9 nitrogen and oxygen atoms in total. The highest BCUT2D eigenvalue weighted by Gasteiger charge is 2.54. The highest BCUT2D eigenvalue weighted by atomic mass is 32.2. The monoisotopic (exact) mass is 686 g/mol. The fourth-order valence-corrected chi connectivity index (χ4v) is 8.05. The molecule has 47 heavy (non-hydrogen) atoms. The number of β-lactam (4-membered cyclic amide) rings is 1. The van der Waals surface area contributed by atoms with Gasteiger partial charge in [-0.3, -0.25) is 14.5 Å². The average molecular weight is 687 g/mol. The highest BCUT2D eigenvalue weighted by molar-refractivity contribution is 8.00. The predicted molar refractivity (Wildman–Crippen MR) is 179 cm³/mol. The molecule has 0 bridgehead atoms. The van der Waals surface area contributed by atoms with Gasteiger partial charge in [0, 0.05) is 10.6 Å². The average Bonchev–Trinajstić information content (AvgIpc) is 3.59. The number of esters is 1. The first-order valence-corrected chi connectivity index (χ1v) is 18.0. The smallest absolute Gasteiger partial charge is 0.356 e. The number of allylic oxidation sites excluding steroid dienone is 1. The highest BCUT2D eigenvalue weighted by Crippen LogP contribution is 2.42. The van der Waals surface area contributed by atoms with Gasteiger partial charge in [-0.05, 0) is 53.3 Å². The SMILES string of the molecule is Cc1ccc(S(=O)(=O)O/C=C/C2=C(C(=O)OC(c3ccccc3)c3ccccc3)N3C(=O)C(NC(=O)Cc4cccs4)C3SC2)cc1. The number of nitrogens with one attached hydrogen (secondary N) is 1. The second-order valence-corrected chi connectivity index (χ2v) is 14.6. The van der Waals surface area contributed by atoms with Crippen molar-refractivity contribution in [1.29, 1.82) is 0 Å². The van der Waals surface area contributed by atoms with Gasteiger partial charge < -0.3 is 14.2 Å². The molecule has 2 aliphatic rings. The number of carbonyl (C=O) groups is 3. The van der Waals surface area contributed by atoms with Gasteiger partial charge in [-0.1, -0.05) is 84.4 Å². The predicted octanol–water partition coefficient (Wildman–Crippen LogP) is 5.51. The van der Waals surface area contributed by atoms with E-state index >= 15 is 0 Å². The first-order valence-electron chi connectivity index (χ1n) is 14.7. The fourth-order valence-electron chi connectivity index (χ4n) is 5.25. The second-order valence-electron chi connectivity index (χ2n) is 10.9. The van der Waals surface area contributed by atoms with Crippen LogP contribution in [0.1, 0.15) is 27.7 Å². The van der Waals surface area contributed by atoms with Crippen molar-refractivity contribution in [3.8, 4) is 0 Å². The number of nitrogens with zero attached hydrogens (tertiary/aromatic N) is 1.